The second kappa shape index (κ2) is 54.9. The molecular formula is C59H113NO5. The van der Waals surface area contributed by atoms with Crippen molar-refractivity contribution in [2.24, 2.45) is 0 Å². The number of hydrogen-bond acceptors (Lipinski definition) is 5. The van der Waals surface area contributed by atoms with Crippen LogP contribution < -0.4 is 5.32 Å². The number of carbonyl (C=O) groups excluding carboxylic acids is 2. The fraction of sp³-hybridized carbons (Fsp3) is 0.898. The molecule has 65 heavy (non-hydrogen) atoms. The topological polar surface area (TPSA) is 95.9 Å². The number of esters is 1. The number of hydrogen-bond donors (Lipinski definition) is 3. The van der Waals surface area contributed by atoms with Crippen LogP contribution in [0.1, 0.15) is 316 Å². The van der Waals surface area contributed by atoms with Crippen molar-refractivity contribution in [3.63, 3.8) is 0 Å². The van der Waals surface area contributed by atoms with Gasteiger partial charge in [0.1, 0.15) is 0 Å². The van der Waals surface area contributed by atoms with Gasteiger partial charge in [-0.3, -0.25) is 9.59 Å². The van der Waals surface area contributed by atoms with Crippen molar-refractivity contribution in [3.05, 3.63) is 24.3 Å². The highest BCUT2D eigenvalue weighted by molar-refractivity contribution is 5.76. The highest BCUT2D eigenvalue weighted by Gasteiger charge is 2.20. The average Bonchev–Trinajstić information content (AvgIpc) is 3.31. The van der Waals surface area contributed by atoms with Gasteiger partial charge in [-0.25, -0.2) is 0 Å². The molecule has 0 aromatic heterocycles. The predicted octanol–water partition coefficient (Wildman–Crippen LogP) is 17.9. The maximum Gasteiger partial charge on any atom is 0.305 e. The second-order valence-electron chi connectivity index (χ2n) is 20.0. The molecular weight excluding hydrogens is 803 g/mol. The molecule has 0 heterocycles. The summed E-state index contributed by atoms with van der Waals surface area (Å²) in [6.07, 6.45) is 66.0. The van der Waals surface area contributed by atoms with Gasteiger partial charge < -0.3 is 20.3 Å². The minimum atomic E-state index is -0.684. The van der Waals surface area contributed by atoms with Gasteiger partial charge in [0.2, 0.25) is 5.91 Å². The first-order chi connectivity index (χ1) is 32.0. The van der Waals surface area contributed by atoms with Gasteiger partial charge in [-0.05, 0) is 77.0 Å². The number of ether oxygens (including phenoxy) is 1. The summed E-state index contributed by atoms with van der Waals surface area (Å²) in [5, 5.41) is 23.3. The molecule has 3 N–H and O–H groups in total. The Balaban J connectivity index is 3.50. The lowest BCUT2D eigenvalue weighted by molar-refractivity contribution is -0.143. The molecule has 0 aromatic carbocycles. The monoisotopic (exact) mass is 916 g/mol. The first-order valence-electron chi connectivity index (χ1n) is 29.1. The number of nitrogens with one attached hydrogen (secondary N) is 1. The van der Waals surface area contributed by atoms with Crippen molar-refractivity contribution in [2.45, 2.75) is 328 Å². The summed E-state index contributed by atoms with van der Waals surface area (Å²) in [5.41, 5.74) is 0. The van der Waals surface area contributed by atoms with Gasteiger partial charge in [-0.1, -0.05) is 250 Å². The Bertz CT molecular complexity index is 1010. The molecule has 0 spiro atoms. The molecule has 0 saturated carbocycles. The van der Waals surface area contributed by atoms with E-state index in [9.17, 15) is 19.8 Å². The van der Waals surface area contributed by atoms with E-state index in [1.807, 2.05) is 0 Å². The average molecular weight is 917 g/mol. The predicted molar refractivity (Wildman–Crippen MR) is 283 cm³/mol. The Morgan fingerprint density at radius 1 is 0.415 bits per heavy atom. The molecule has 2 unspecified atom stereocenters. The molecule has 0 aromatic rings. The molecule has 0 bridgehead atoms. The summed E-state index contributed by atoms with van der Waals surface area (Å²) in [6, 6.07) is -0.564. The molecule has 1 amide bonds. The van der Waals surface area contributed by atoms with Crippen molar-refractivity contribution >= 4 is 11.9 Å². The van der Waals surface area contributed by atoms with Gasteiger partial charge in [0.15, 0.2) is 0 Å². The zero-order valence-corrected chi connectivity index (χ0v) is 43.7. The number of rotatable bonds is 54. The standard InChI is InChI=1S/C59H113NO5/c1-3-5-7-9-11-13-15-17-19-20-21-22-23-24-25-27-28-31-35-39-43-47-51-57(62)56(55-61)60-58(63)52-48-44-40-36-32-30-34-38-42-46-50-54-65-59(64)53-49-45-41-37-33-29-26-18-16-14-12-10-8-6-4-2/h18,26,34,38,56-57,61-62H,3-17,19-25,27-33,35-37,39-55H2,1-2H3,(H,60,63)/b26-18-,38-34-. The highest BCUT2D eigenvalue weighted by Crippen LogP contribution is 2.17. The van der Waals surface area contributed by atoms with Crippen LogP contribution in [-0.4, -0.2) is 47.4 Å². The molecule has 0 aliphatic rings. The van der Waals surface area contributed by atoms with E-state index in [4.69, 9.17) is 4.74 Å². The molecule has 6 heteroatoms. The van der Waals surface area contributed by atoms with Crippen LogP contribution in [0, 0.1) is 0 Å². The lowest BCUT2D eigenvalue weighted by atomic mass is 10.0. The Morgan fingerprint density at radius 3 is 1.09 bits per heavy atom. The molecule has 0 aliphatic heterocycles. The zero-order chi connectivity index (χ0) is 47.2. The largest absolute Gasteiger partial charge is 0.466 e. The maximum atomic E-state index is 12.5. The fourth-order valence-corrected chi connectivity index (χ4v) is 8.98. The number of aliphatic hydroxyl groups excluding tert-OH is 2. The van der Waals surface area contributed by atoms with Crippen LogP contribution in [0.5, 0.6) is 0 Å². The molecule has 0 fully saturated rings. The summed E-state index contributed by atoms with van der Waals surface area (Å²) < 4.78 is 5.44. The van der Waals surface area contributed by atoms with Crippen LogP contribution in [0.2, 0.25) is 0 Å². The fourth-order valence-electron chi connectivity index (χ4n) is 8.98. The summed E-state index contributed by atoms with van der Waals surface area (Å²) in [5.74, 6) is -0.100. The van der Waals surface area contributed by atoms with E-state index in [2.05, 4.69) is 43.5 Å². The molecule has 0 aliphatic carbocycles. The van der Waals surface area contributed by atoms with Crippen molar-refractivity contribution in [2.75, 3.05) is 13.2 Å². The Labute approximate surface area is 405 Å². The van der Waals surface area contributed by atoms with E-state index in [0.717, 1.165) is 83.5 Å². The number of aliphatic hydroxyl groups is 2. The Hall–Kier alpha value is -1.66. The summed E-state index contributed by atoms with van der Waals surface area (Å²) in [4.78, 5) is 24.5. The number of amides is 1. The van der Waals surface area contributed by atoms with Gasteiger partial charge in [0, 0.05) is 12.8 Å². The summed E-state index contributed by atoms with van der Waals surface area (Å²) in [7, 11) is 0. The van der Waals surface area contributed by atoms with Crippen LogP contribution in [-0.2, 0) is 14.3 Å². The van der Waals surface area contributed by atoms with Gasteiger partial charge >= 0.3 is 5.97 Å². The van der Waals surface area contributed by atoms with Crippen molar-refractivity contribution in [1.82, 2.24) is 5.32 Å². The summed E-state index contributed by atoms with van der Waals surface area (Å²) >= 11 is 0. The van der Waals surface area contributed by atoms with Gasteiger partial charge in [0.25, 0.3) is 0 Å². The number of unbranched alkanes of at least 4 members (excludes halogenated alkanes) is 39. The number of allylic oxidation sites excluding steroid dienone is 4. The van der Waals surface area contributed by atoms with Gasteiger partial charge in [-0.15, -0.1) is 0 Å². The molecule has 0 radical (unpaired) electrons. The zero-order valence-electron chi connectivity index (χ0n) is 43.7. The van der Waals surface area contributed by atoms with Crippen LogP contribution in [0.15, 0.2) is 24.3 Å². The lowest BCUT2D eigenvalue weighted by Gasteiger charge is -2.22. The van der Waals surface area contributed by atoms with Crippen molar-refractivity contribution in [1.29, 1.82) is 0 Å². The first kappa shape index (κ1) is 63.3. The van der Waals surface area contributed by atoms with Crippen LogP contribution in [0.3, 0.4) is 0 Å². The third-order valence-corrected chi connectivity index (χ3v) is 13.5. The van der Waals surface area contributed by atoms with E-state index in [-0.39, 0.29) is 18.5 Å². The third kappa shape index (κ3) is 51.6. The lowest BCUT2D eigenvalue weighted by Crippen LogP contribution is -2.45. The van der Waals surface area contributed by atoms with Gasteiger partial charge in [-0.2, -0.15) is 0 Å². The minimum absolute atomic E-state index is 0.0383. The molecule has 0 saturated heterocycles. The molecule has 2 atom stereocenters. The van der Waals surface area contributed by atoms with Crippen molar-refractivity contribution < 1.29 is 24.5 Å². The second-order valence-corrected chi connectivity index (χ2v) is 20.0. The maximum absolute atomic E-state index is 12.5. The normalized spacial score (nSPS) is 12.7. The SMILES string of the molecule is CCCCCCCC/C=C\CCCCCCCC(=O)OCCCC/C=C\CCCCCCCC(=O)NC(CO)C(O)CCCCCCCCCCCCCCCCCCCCCCCC. The van der Waals surface area contributed by atoms with E-state index >= 15 is 0 Å². The quantitative estimate of drug-likeness (QED) is 0.0321. The highest BCUT2D eigenvalue weighted by atomic mass is 16.5. The minimum Gasteiger partial charge on any atom is -0.466 e. The van der Waals surface area contributed by atoms with E-state index in [0.29, 0.717) is 25.9 Å². The first-order valence-corrected chi connectivity index (χ1v) is 29.1. The molecule has 384 valence electrons. The van der Waals surface area contributed by atoms with Crippen LogP contribution >= 0.6 is 0 Å². The third-order valence-electron chi connectivity index (χ3n) is 13.5. The van der Waals surface area contributed by atoms with E-state index in [1.54, 1.807) is 0 Å². The molecule has 6 nitrogen and oxygen atoms in total. The molecule has 0 rings (SSSR count). The summed E-state index contributed by atoms with van der Waals surface area (Å²) in [6.45, 7) is 4.88. The smallest absolute Gasteiger partial charge is 0.305 e. The van der Waals surface area contributed by atoms with Gasteiger partial charge in [0.05, 0.1) is 25.4 Å². The van der Waals surface area contributed by atoms with E-state index < -0.39 is 12.1 Å². The van der Waals surface area contributed by atoms with E-state index in [1.165, 1.54) is 199 Å². The Kier molecular flexibility index (Phi) is 53.5. The van der Waals surface area contributed by atoms with Crippen LogP contribution in [0.25, 0.3) is 0 Å². The van der Waals surface area contributed by atoms with Crippen LogP contribution in [0.4, 0.5) is 0 Å². The Morgan fingerprint density at radius 2 is 0.723 bits per heavy atom. The number of carbonyl (C=O) groups is 2. The van der Waals surface area contributed by atoms with Crippen molar-refractivity contribution in [3.8, 4) is 0 Å².